The highest BCUT2D eigenvalue weighted by Crippen LogP contribution is 2.34. The van der Waals surface area contributed by atoms with Gasteiger partial charge in [-0.15, -0.1) is 0 Å². The molecule has 6 nitrogen and oxygen atoms in total. The summed E-state index contributed by atoms with van der Waals surface area (Å²) in [6.07, 6.45) is 0. The molecule has 2 aliphatic rings. The van der Waals surface area contributed by atoms with E-state index in [0.717, 1.165) is 49.1 Å². The van der Waals surface area contributed by atoms with Gasteiger partial charge in [-0.2, -0.15) is 5.26 Å². The molecule has 4 rings (SSSR count). The maximum absolute atomic E-state index is 8.90. The summed E-state index contributed by atoms with van der Waals surface area (Å²) in [5.74, 6) is 1.50. The number of piperazine rings is 1. The van der Waals surface area contributed by atoms with Gasteiger partial charge in [0, 0.05) is 43.6 Å². The Morgan fingerprint density at radius 3 is 2.46 bits per heavy atom. The lowest BCUT2D eigenvalue weighted by atomic mass is 10.2. The number of hydrogen-bond acceptors (Lipinski definition) is 5. The number of ether oxygens (including phenoxy) is 2. The molecule has 0 atom stereocenters. The summed E-state index contributed by atoms with van der Waals surface area (Å²) in [6, 6.07) is 15.6. The van der Waals surface area contributed by atoms with Crippen LogP contribution in [0.25, 0.3) is 0 Å². The molecule has 1 N–H and O–H groups in total. The van der Waals surface area contributed by atoms with Crippen molar-refractivity contribution in [1.82, 2.24) is 4.90 Å². The smallest absolute Gasteiger partial charge is 0.231 e. The van der Waals surface area contributed by atoms with Crippen LogP contribution in [0.5, 0.6) is 11.5 Å². The van der Waals surface area contributed by atoms with Crippen LogP contribution in [0.4, 0.5) is 11.4 Å². The molecular formula is C19H18N4O2S. The summed E-state index contributed by atoms with van der Waals surface area (Å²) in [4.78, 5) is 4.47. The van der Waals surface area contributed by atoms with E-state index >= 15 is 0 Å². The van der Waals surface area contributed by atoms with Crippen molar-refractivity contribution in [3.05, 3.63) is 48.0 Å². The molecule has 7 heteroatoms. The van der Waals surface area contributed by atoms with Gasteiger partial charge >= 0.3 is 0 Å². The van der Waals surface area contributed by atoms with E-state index in [4.69, 9.17) is 27.0 Å². The average Bonchev–Trinajstić information content (AvgIpc) is 3.16. The van der Waals surface area contributed by atoms with Crippen LogP contribution in [0.1, 0.15) is 5.56 Å². The average molecular weight is 366 g/mol. The minimum atomic E-state index is 0.264. The van der Waals surface area contributed by atoms with Gasteiger partial charge < -0.3 is 24.6 Å². The Balaban J connectivity index is 1.34. The molecule has 132 valence electrons. The number of hydrogen-bond donors (Lipinski definition) is 1. The number of rotatable bonds is 2. The van der Waals surface area contributed by atoms with Gasteiger partial charge in [-0.05, 0) is 48.6 Å². The molecule has 0 aliphatic carbocycles. The molecule has 1 saturated heterocycles. The van der Waals surface area contributed by atoms with Gasteiger partial charge in [0.2, 0.25) is 6.79 Å². The first-order valence-electron chi connectivity index (χ1n) is 8.43. The third-order valence-corrected chi connectivity index (χ3v) is 4.91. The van der Waals surface area contributed by atoms with Crippen LogP contribution >= 0.6 is 12.2 Å². The van der Waals surface area contributed by atoms with Crippen molar-refractivity contribution >= 4 is 28.7 Å². The molecule has 0 radical (unpaired) electrons. The van der Waals surface area contributed by atoms with E-state index in [-0.39, 0.29) is 6.79 Å². The van der Waals surface area contributed by atoms with Gasteiger partial charge in [0.15, 0.2) is 16.6 Å². The van der Waals surface area contributed by atoms with Crippen molar-refractivity contribution in [1.29, 1.82) is 5.26 Å². The highest BCUT2D eigenvalue weighted by atomic mass is 32.1. The van der Waals surface area contributed by atoms with Crippen LogP contribution in [0, 0.1) is 11.3 Å². The fourth-order valence-electron chi connectivity index (χ4n) is 3.09. The Labute approximate surface area is 157 Å². The lowest BCUT2D eigenvalue weighted by Crippen LogP contribution is -2.50. The number of nitriles is 1. The standard InChI is InChI=1S/C19H18N4O2S/c20-12-14-1-4-16(5-2-14)22-7-9-23(10-8-22)19(26)21-15-3-6-17-18(11-15)25-13-24-17/h1-6,11H,7-10,13H2,(H,21,26). The number of nitrogens with zero attached hydrogens (tertiary/aromatic N) is 3. The summed E-state index contributed by atoms with van der Waals surface area (Å²) in [7, 11) is 0. The van der Waals surface area contributed by atoms with E-state index in [1.165, 1.54) is 0 Å². The Bertz CT molecular complexity index is 855. The molecule has 0 saturated carbocycles. The zero-order valence-corrected chi connectivity index (χ0v) is 15.0. The second-order valence-corrected chi connectivity index (χ2v) is 6.52. The van der Waals surface area contributed by atoms with Crippen molar-refractivity contribution in [3.63, 3.8) is 0 Å². The Morgan fingerprint density at radius 2 is 1.73 bits per heavy atom. The molecule has 0 aromatic heterocycles. The highest BCUT2D eigenvalue weighted by molar-refractivity contribution is 7.80. The number of nitrogens with one attached hydrogen (secondary N) is 1. The predicted octanol–water partition coefficient (Wildman–Crippen LogP) is 2.81. The fourth-order valence-corrected chi connectivity index (χ4v) is 3.39. The van der Waals surface area contributed by atoms with Crippen molar-refractivity contribution < 1.29 is 9.47 Å². The first kappa shape index (κ1) is 16.5. The normalized spacial score (nSPS) is 15.5. The molecule has 0 bridgehead atoms. The highest BCUT2D eigenvalue weighted by Gasteiger charge is 2.20. The number of fused-ring (bicyclic) bond motifs is 1. The summed E-state index contributed by atoms with van der Waals surface area (Å²) in [5, 5.41) is 12.9. The summed E-state index contributed by atoms with van der Waals surface area (Å²) in [6.45, 7) is 3.72. The first-order chi connectivity index (χ1) is 12.7. The lowest BCUT2D eigenvalue weighted by molar-refractivity contribution is 0.174. The maximum Gasteiger partial charge on any atom is 0.231 e. The Morgan fingerprint density at radius 1 is 1.00 bits per heavy atom. The molecule has 0 amide bonds. The van der Waals surface area contributed by atoms with Gasteiger partial charge in [0.25, 0.3) is 0 Å². The summed E-state index contributed by atoms with van der Waals surface area (Å²) >= 11 is 5.56. The molecular weight excluding hydrogens is 348 g/mol. The molecule has 2 aromatic carbocycles. The van der Waals surface area contributed by atoms with E-state index in [1.54, 1.807) is 0 Å². The number of thiocarbonyl (C=S) groups is 1. The van der Waals surface area contributed by atoms with E-state index in [0.29, 0.717) is 10.7 Å². The van der Waals surface area contributed by atoms with Crippen LogP contribution in [0.3, 0.4) is 0 Å². The largest absolute Gasteiger partial charge is 0.454 e. The molecule has 1 fully saturated rings. The van der Waals surface area contributed by atoms with Gasteiger partial charge in [-0.1, -0.05) is 0 Å². The summed E-state index contributed by atoms with van der Waals surface area (Å²) < 4.78 is 10.7. The molecule has 2 aliphatic heterocycles. The molecule has 2 heterocycles. The van der Waals surface area contributed by atoms with Crippen molar-refractivity contribution in [2.75, 3.05) is 43.2 Å². The Hall–Kier alpha value is -2.98. The van der Waals surface area contributed by atoms with Gasteiger partial charge in [0.1, 0.15) is 0 Å². The minimum absolute atomic E-state index is 0.264. The minimum Gasteiger partial charge on any atom is -0.454 e. The molecule has 2 aromatic rings. The zero-order valence-electron chi connectivity index (χ0n) is 14.1. The van der Waals surface area contributed by atoms with Gasteiger partial charge in [-0.3, -0.25) is 0 Å². The SMILES string of the molecule is N#Cc1ccc(N2CCN(C(=S)Nc3ccc4c(c3)OCO4)CC2)cc1. The van der Waals surface area contributed by atoms with E-state index < -0.39 is 0 Å². The number of anilines is 2. The van der Waals surface area contributed by atoms with Crippen molar-refractivity contribution in [2.45, 2.75) is 0 Å². The fraction of sp³-hybridized carbons (Fsp3) is 0.263. The third-order valence-electron chi connectivity index (χ3n) is 4.55. The quantitative estimate of drug-likeness (QED) is 0.820. The van der Waals surface area contributed by atoms with Crippen LogP contribution < -0.4 is 19.7 Å². The van der Waals surface area contributed by atoms with Crippen LogP contribution in [0.2, 0.25) is 0 Å². The third kappa shape index (κ3) is 3.37. The zero-order chi connectivity index (χ0) is 17.9. The monoisotopic (exact) mass is 366 g/mol. The van der Waals surface area contributed by atoms with Crippen LogP contribution in [-0.2, 0) is 0 Å². The Kier molecular flexibility index (Phi) is 4.50. The van der Waals surface area contributed by atoms with Crippen LogP contribution in [-0.4, -0.2) is 43.0 Å². The topological polar surface area (TPSA) is 60.8 Å². The van der Waals surface area contributed by atoms with E-state index in [9.17, 15) is 0 Å². The van der Waals surface area contributed by atoms with Crippen molar-refractivity contribution in [2.24, 2.45) is 0 Å². The molecule has 0 unspecified atom stereocenters. The maximum atomic E-state index is 8.90. The second kappa shape index (κ2) is 7.10. The van der Waals surface area contributed by atoms with E-state index in [2.05, 4.69) is 21.2 Å². The van der Waals surface area contributed by atoms with Gasteiger partial charge in [-0.25, -0.2) is 0 Å². The molecule has 0 spiro atoms. The molecule has 26 heavy (non-hydrogen) atoms. The summed E-state index contributed by atoms with van der Waals surface area (Å²) in [5.41, 5.74) is 2.72. The van der Waals surface area contributed by atoms with Gasteiger partial charge in [0.05, 0.1) is 11.6 Å². The number of benzene rings is 2. The lowest BCUT2D eigenvalue weighted by Gasteiger charge is -2.37. The van der Waals surface area contributed by atoms with Crippen LogP contribution in [0.15, 0.2) is 42.5 Å². The first-order valence-corrected chi connectivity index (χ1v) is 8.84. The second-order valence-electron chi connectivity index (χ2n) is 6.13. The predicted molar refractivity (Wildman–Crippen MR) is 104 cm³/mol. The van der Waals surface area contributed by atoms with Crippen molar-refractivity contribution in [3.8, 4) is 17.6 Å². The van der Waals surface area contributed by atoms with E-state index in [1.807, 2.05) is 42.5 Å².